The second kappa shape index (κ2) is 8.53. The van der Waals surface area contributed by atoms with E-state index in [1.807, 2.05) is 19.1 Å². The first-order valence-electron chi connectivity index (χ1n) is 7.33. The number of aromatic nitrogens is 1. The maximum atomic E-state index is 11.7. The van der Waals surface area contributed by atoms with Crippen molar-refractivity contribution in [3.63, 3.8) is 0 Å². The standard InChI is InChI=1S/C15H26N4O/c1-4-19(5-2)14-10-9-13(11-17-14)18-15(20)8-6-7-12(3)16/h9-12H,4-8,16H2,1-3H3,(H,18,20). The summed E-state index contributed by atoms with van der Waals surface area (Å²) in [6, 6.07) is 3.98. The van der Waals surface area contributed by atoms with Gasteiger partial charge in [-0.15, -0.1) is 0 Å². The van der Waals surface area contributed by atoms with Gasteiger partial charge in [-0.3, -0.25) is 4.79 Å². The molecule has 0 radical (unpaired) electrons. The van der Waals surface area contributed by atoms with Gasteiger partial charge in [0.1, 0.15) is 5.82 Å². The number of pyridine rings is 1. The third-order valence-electron chi connectivity index (χ3n) is 3.18. The lowest BCUT2D eigenvalue weighted by Gasteiger charge is -2.19. The predicted octanol–water partition coefficient (Wildman–Crippen LogP) is 2.38. The average Bonchev–Trinajstić information content (AvgIpc) is 2.41. The van der Waals surface area contributed by atoms with E-state index in [4.69, 9.17) is 5.73 Å². The Hall–Kier alpha value is -1.62. The Morgan fingerprint density at radius 3 is 2.60 bits per heavy atom. The highest BCUT2D eigenvalue weighted by Gasteiger charge is 2.06. The predicted molar refractivity (Wildman–Crippen MR) is 83.9 cm³/mol. The second-order valence-electron chi connectivity index (χ2n) is 5.00. The molecule has 1 atom stereocenters. The molecule has 1 aromatic heterocycles. The van der Waals surface area contributed by atoms with E-state index in [0.717, 1.165) is 37.4 Å². The molecule has 0 saturated carbocycles. The first-order valence-corrected chi connectivity index (χ1v) is 7.33. The lowest BCUT2D eigenvalue weighted by Crippen LogP contribution is -2.23. The van der Waals surface area contributed by atoms with Crippen molar-refractivity contribution in [2.24, 2.45) is 5.73 Å². The number of nitrogens with two attached hydrogens (primary N) is 1. The van der Waals surface area contributed by atoms with Crippen molar-refractivity contribution in [1.29, 1.82) is 0 Å². The normalized spacial score (nSPS) is 12.0. The summed E-state index contributed by atoms with van der Waals surface area (Å²) in [6.07, 6.45) is 3.89. The van der Waals surface area contributed by atoms with Gasteiger partial charge in [-0.1, -0.05) is 0 Å². The molecule has 0 aliphatic heterocycles. The van der Waals surface area contributed by atoms with E-state index >= 15 is 0 Å². The second-order valence-corrected chi connectivity index (χ2v) is 5.00. The van der Waals surface area contributed by atoms with E-state index in [-0.39, 0.29) is 11.9 Å². The summed E-state index contributed by atoms with van der Waals surface area (Å²) >= 11 is 0. The van der Waals surface area contributed by atoms with E-state index in [1.165, 1.54) is 0 Å². The van der Waals surface area contributed by atoms with Crippen LogP contribution in [0.25, 0.3) is 0 Å². The lowest BCUT2D eigenvalue weighted by molar-refractivity contribution is -0.116. The minimum Gasteiger partial charge on any atom is -0.357 e. The van der Waals surface area contributed by atoms with E-state index < -0.39 is 0 Å². The van der Waals surface area contributed by atoms with Crippen molar-refractivity contribution in [2.75, 3.05) is 23.3 Å². The molecule has 5 nitrogen and oxygen atoms in total. The molecule has 1 aromatic rings. The molecule has 20 heavy (non-hydrogen) atoms. The van der Waals surface area contributed by atoms with Crippen LogP contribution in [0.2, 0.25) is 0 Å². The highest BCUT2D eigenvalue weighted by molar-refractivity contribution is 5.90. The molecule has 112 valence electrons. The Bertz CT molecular complexity index is 399. The van der Waals surface area contributed by atoms with Crippen LogP contribution in [0, 0.1) is 0 Å². The molecule has 1 amide bonds. The van der Waals surface area contributed by atoms with Crippen LogP contribution in [0.3, 0.4) is 0 Å². The van der Waals surface area contributed by atoms with Gasteiger partial charge in [-0.25, -0.2) is 4.98 Å². The smallest absolute Gasteiger partial charge is 0.224 e. The van der Waals surface area contributed by atoms with Gasteiger partial charge >= 0.3 is 0 Å². The average molecular weight is 278 g/mol. The van der Waals surface area contributed by atoms with Crippen molar-refractivity contribution < 1.29 is 4.79 Å². The van der Waals surface area contributed by atoms with E-state index in [9.17, 15) is 4.79 Å². The topological polar surface area (TPSA) is 71.2 Å². The number of hydrogen-bond donors (Lipinski definition) is 2. The largest absolute Gasteiger partial charge is 0.357 e. The molecule has 1 rings (SSSR count). The number of rotatable bonds is 8. The number of nitrogens with one attached hydrogen (secondary N) is 1. The molecule has 5 heteroatoms. The monoisotopic (exact) mass is 278 g/mol. The number of anilines is 2. The SMILES string of the molecule is CCN(CC)c1ccc(NC(=O)CCCC(C)N)cn1. The maximum Gasteiger partial charge on any atom is 0.224 e. The van der Waals surface area contributed by atoms with Crippen LogP contribution in [0.15, 0.2) is 18.3 Å². The first kappa shape index (κ1) is 16.4. The zero-order valence-corrected chi connectivity index (χ0v) is 12.7. The lowest BCUT2D eigenvalue weighted by atomic mass is 10.1. The van der Waals surface area contributed by atoms with Crippen LogP contribution in [0.4, 0.5) is 11.5 Å². The molecule has 1 unspecified atom stereocenters. The van der Waals surface area contributed by atoms with Crippen molar-refractivity contribution in [1.82, 2.24) is 4.98 Å². The van der Waals surface area contributed by atoms with Gasteiger partial charge in [0.2, 0.25) is 5.91 Å². The number of carbonyl (C=O) groups excluding carboxylic acids is 1. The number of amides is 1. The highest BCUT2D eigenvalue weighted by Crippen LogP contribution is 2.14. The number of nitrogens with zero attached hydrogens (tertiary/aromatic N) is 2. The Balaban J connectivity index is 2.46. The Morgan fingerprint density at radius 1 is 1.40 bits per heavy atom. The van der Waals surface area contributed by atoms with Gasteiger partial charge in [-0.2, -0.15) is 0 Å². The van der Waals surface area contributed by atoms with Gasteiger partial charge in [0, 0.05) is 25.6 Å². The number of carbonyl (C=O) groups is 1. The molecule has 0 spiro atoms. The van der Waals surface area contributed by atoms with Crippen LogP contribution < -0.4 is 16.0 Å². The van der Waals surface area contributed by atoms with Gasteiger partial charge < -0.3 is 16.0 Å². The van der Waals surface area contributed by atoms with Gasteiger partial charge in [0.15, 0.2) is 0 Å². The molecule has 1 heterocycles. The van der Waals surface area contributed by atoms with Crippen LogP contribution in [0.5, 0.6) is 0 Å². The van der Waals surface area contributed by atoms with Crippen LogP contribution >= 0.6 is 0 Å². The van der Waals surface area contributed by atoms with Crippen LogP contribution in [0.1, 0.15) is 40.0 Å². The fourth-order valence-electron chi connectivity index (χ4n) is 2.00. The third kappa shape index (κ3) is 5.57. The van der Waals surface area contributed by atoms with Crippen LogP contribution in [-0.2, 0) is 4.79 Å². The molecule has 0 aliphatic rings. The Kier molecular flexibility index (Phi) is 7.01. The summed E-state index contributed by atoms with van der Waals surface area (Å²) in [7, 11) is 0. The summed E-state index contributed by atoms with van der Waals surface area (Å²) in [6.45, 7) is 7.99. The van der Waals surface area contributed by atoms with E-state index in [2.05, 4.69) is 29.0 Å². The molecule has 0 aliphatic carbocycles. The fraction of sp³-hybridized carbons (Fsp3) is 0.600. The molecular weight excluding hydrogens is 252 g/mol. The van der Waals surface area contributed by atoms with E-state index in [0.29, 0.717) is 6.42 Å². The van der Waals surface area contributed by atoms with Gasteiger partial charge in [0.25, 0.3) is 0 Å². The minimum atomic E-state index is 0.0167. The minimum absolute atomic E-state index is 0.0167. The summed E-state index contributed by atoms with van der Waals surface area (Å²) in [5.74, 6) is 0.952. The first-order chi connectivity index (χ1) is 9.56. The third-order valence-corrected chi connectivity index (χ3v) is 3.18. The quantitative estimate of drug-likeness (QED) is 0.766. The molecule has 0 aromatic carbocycles. The summed E-state index contributed by atoms with van der Waals surface area (Å²) < 4.78 is 0. The summed E-state index contributed by atoms with van der Waals surface area (Å²) in [5, 5.41) is 2.86. The maximum absolute atomic E-state index is 11.7. The van der Waals surface area contributed by atoms with Gasteiger partial charge in [-0.05, 0) is 45.7 Å². The molecule has 0 saturated heterocycles. The van der Waals surface area contributed by atoms with Crippen molar-refractivity contribution in [3.05, 3.63) is 18.3 Å². The van der Waals surface area contributed by atoms with Crippen molar-refractivity contribution in [2.45, 2.75) is 46.1 Å². The molecule has 0 bridgehead atoms. The zero-order chi connectivity index (χ0) is 15.0. The Morgan fingerprint density at radius 2 is 2.10 bits per heavy atom. The van der Waals surface area contributed by atoms with Crippen molar-refractivity contribution in [3.8, 4) is 0 Å². The van der Waals surface area contributed by atoms with Crippen molar-refractivity contribution >= 4 is 17.4 Å². The van der Waals surface area contributed by atoms with E-state index in [1.54, 1.807) is 6.20 Å². The van der Waals surface area contributed by atoms with Crippen LogP contribution in [-0.4, -0.2) is 30.0 Å². The fourth-order valence-corrected chi connectivity index (χ4v) is 2.00. The molecule has 3 N–H and O–H groups in total. The number of hydrogen-bond acceptors (Lipinski definition) is 4. The molecule has 0 fully saturated rings. The zero-order valence-electron chi connectivity index (χ0n) is 12.7. The van der Waals surface area contributed by atoms with Gasteiger partial charge in [0.05, 0.1) is 11.9 Å². The Labute approximate surface area is 121 Å². The molecular formula is C15H26N4O. The summed E-state index contributed by atoms with van der Waals surface area (Å²) in [5.41, 5.74) is 6.40. The summed E-state index contributed by atoms with van der Waals surface area (Å²) in [4.78, 5) is 18.3. The highest BCUT2D eigenvalue weighted by atomic mass is 16.1.